The first-order valence-corrected chi connectivity index (χ1v) is 11.1. The van der Waals surface area contributed by atoms with Crippen molar-refractivity contribution in [2.75, 3.05) is 46.5 Å². The molecule has 2 N–H and O–H groups in total. The van der Waals surface area contributed by atoms with E-state index >= 15 is 0 Å². The zero-order valence-electron chi connectivity index (χ0n) is 11.3. The third-order valence-electron chi connectivity index (χ3n) is 2.21. The van der Waals surface area contributed by atoms with Crippen LogP contribution in [0, 0.1) is 0 Å². The first-order chi connectivity index (χ1) is 8.70. The smallest absolute Gasteiger partial charge is 0.0720 e. The molecule has 0 aromatic rings. The van der Waals surface area contributed by atoms with E-state index in [-0.39, 0.29) is 12.2 Å². The van der Waals surface area contributed by atoms with E-state index in [9.17, 15) is 10.2 Å². The second-order valence-corrected chi connectivity index (χ2v) is 8.37. The van der Waals surface area contributed by atoms with E-state index in [1.807, 2.05) is 42.2 Å². The Bertz CT molecular complexity index is 172. The van der Waals surface area contributed by atoms with Crippen LogP contribution in [0.1, 0.15) is 13.3 Å². The molecule has 0 spiro atoms. The van der Waals surface area contributed by atoms with Gasteiger partial charge in [0.05, 0.1) is 12.2 Å². The van der Waals surface area contributed by atoms with Crippen molar-refractivity contribution >= 4 is 47.0 Å². The molecule has 2 atom stereocenters. The Labute approximate surface area is 129 Å². The second-order valence-electron chi connectivity index (χ2n) is 3.93. The van der Waals surface area contributed by atoms with Crippen molar-refractivity contribution in [2.24, 2.45) is 0 Å². The van der Waals surface area contributed by atoms with Crippen molar-refractivity contribution < 1.29 is 10.2 Å². The van der Waals surface area contributed by atoms with Crippen molar-refractivity contribution in [3.63, 3.8) is 0 Å². The van der Waals surface area contributed by atoms with Gasteiger partial charge in [0.2, 0.25) is 0 Å². The second kappa shape index (κ2) is 14.7. The van der Waals surface area contributed by atoms with Crippen LogP contribution in [0.25, 0.3) is 0 Å². The summed E-state index contributed by atoms with van der Waals surface area (Å²) >= 11 is 7.36. The van der Waals surface area contributed by atoms with E-state index in [1.165, 1.54) is 17.3 Å². The SMILES string of the molecule is CCC(O)CSCC(O)CSCCSCCSC. The third-order valence-corrected chi connectivity index (χ3v) is 6.67. The predicted molar refractivity (Wildman–Crippen MR) is 92.7 cm³/mol. The van der Waals surface area contributed by atoms with Crippen molar-refractivity contribution in [2.45, 2.75) is 25.6 Å². The van der Waals surface area contributed by atoms with Crippen LogP contribution in [-0.2, 0) is 0 Å². The highest BCUT2D eigenvalue weighted by Gasteiger charge is 2.06. The molecule has 0 fully saturated rings. The van der Waals surface area contributed by atoms with Crippen molar-refractivity contribution in [1.29, 1.82) is 0 Å². The lowest BCUT2D eigenvalue weighted by Crippen LogP contribution is -2.16. The van der Waals surface area contributed by atoms with Gasteiger partial charge >= 0.3 is 0 Å². The highest BCUT2D eigenvalue weighted by atomic mass is 32.2. The Balaban J connectivity index is 3.19. The summed E-state index contributed by atoms with van der Waals surface area (Å²) in [5.74, 6) is 7.06. The molecule has 6 heteroatoms. The lowest BCUT2D eigenvalue weighted by Gasteiger charge is -2.11. The van der Waals surface area contributed by atoms with Gasteiger partial charge in [0.1, 0.15) is 0 Å². The average molecular weight is 331 g/mol. The van der Waals surface area contributed by atoms with Crippen LogP contribution >= 0.6 is 47.0 Å². The summed E-state index contributed by atoms with van der Waals surface area (Å²) in [6.07, 6.45) is 2.48. The highest BCUT2D eigenvalue weighted by molar-refractivity contribution is 8.04. The number of rotatable bonds is 13. The van der Waals surface area contributed by atoms with E-state index in [0.717, 1.165) is 29.4 Å². The van der Waals surface area contributed by atoms with Gasteiger partial charge in [0, 0.05) is 40.3 Å². The number of aliphatic hydroxyl groups excluding tert-OH is 2. The topological polar surface area (TPSA) is 40.5 Å². The van der Waals surface area contributed by atoms with Gasteiger partial charge in [-0.15, -0.1) is 0 Å². The maximum absolute atomic E-state index is 9.74. The van der Waals surface area contributed by atoms with Crippen molar-refractivity contribution in [1.82, 2.24) is 0 Å². The molecule has 110 valence electrons. The normalized spacial score (nSPS) is 14.7. The van der Waals surface area contributed by atoms with Crippen molar-refractivity contribution in [3.05, 3.63) is 0 Å². The van der Waals surface area contributed by atoms with Crippen molar-refractivity contribution in [3.8, 4) is 0 Å². The van der Waals surface area contributed by atoms with Gasteiger partial charge < -0.3 is 10.2 Å². The van der Waals surface area contributed by atoms with E-state index in [1.54, 1.807) is 11.8 Å². The molecule has 2 nitrogen and oxygen atoms in total. The molecular weight excluding hydrogens is 304 g/mol. The van der Waals surface area contributed by atoms with Crippen LogP contribution in [0.3, 0.4) is 0 Å². The summed E-state index contributed by atoms with van der Waals surface area (Å²) in [5.41, 5.74) is 0. The fraction of sp³-hybridized carbons (Fsp3) is 1.00. The quantitative estimate of drug-likeness (QED) is 0.506. The fourth-order valence-electron chi connectivity index (χ4n) is 1.09. The maximum atomic E-state index is 9.74. The molecule has 0 heterocycles. The molecule has 0 aliphatic rings. The summed E-state index contributed by atoms with van der Waals surface area (Å²) in [7, 11) is 0. The van der Waals surface area contributed by atoms with Gasteiger partial charge in [0.15, 0.2) is 0 Å². The van der Waals surface area contributed by atoms with Crippen LogP contribution in [0.4, 0.5) is 0 Å². The van der Waals surface area contributed by atoms with E-state index in [2.05, 4.69) is 6.26 Å². The van der Waals surface area contributed by atoms with Crippen LogP contribution in [-0.4, -0.2) is 68.9 Å². The van der Waals surface area contributed by atoms with Gasteiger partial charge in [-0.05, 0) is 12.7 Å². The van der Waals surface area contributed by atoms with Crippen LogP contribution in [0.15, 0.2) is 0 Å². The minimum absolute atomic E-state index is 0.220. The van der Waals surface area contributed by atoms with Gasteiger partial charge in [-0.2, -0.15) is 47.0 Å². The largest absolute Gasteiger partial charge is 0.392 e. The summed E-state index contributed by atoms with van der Waals surface area (Å²) < 4.78 is 0. The lowest BCUT2D eigenvalue weighted by molar-refractivity contribution is 0.194. The van der Waals surface area contributed by atoms with Crippen LogP contribution in [0.5, 0.6) is 0 Å². The van der Waals surface area contributed by atoms with Gasteiger partial charge in [-0.3, -0.25) is 0 Å². The number of hydrogen-bond donors (Lipinski definition) is 2. The molecule has 0 rings (SSSR count). The number of aliphatic hydroxyl groups is 2. The Morgan fingerprint density at radius 2 is 1.33 bits per heavy atom. The Hall–Kier alpha value is 1.32. The molecular formula is C12H26O2S4. The first kappa shape index (κ1) is 19.3. The molecule has 0 aliphatic carbocycles. The molecule has 0 radical (unpaired) electrons. The molecule has 0 saturated carbocycles. The number of hydrogen-bond acceptors (Lipinski definition) is 6. The van der Waals surface area contributed by atoms with Crippen LogP contribution in [0.2, 0.25) is 0 Å². The third kappa shape index (κ3) is 13.7. The minimum Gasteiger partial charge on any atom is -0.392 e. The summed E-state index contributed by atoms with van der Waals surface area (Å²) in [6.45, 7) is 1.98. The van der Waals surface area contributed by atoms with Gasteiger partial charge in [-0.1, -0.05) is 6.92 Å². The van der Waals surface area contributed by atoms with E-state index in [0.29, 0.717) is 0 Å². The van der Waals surface area contributed by atoms with Gasteiger partial charge in [-0.25, -0.2) is 0 Å². The molecule has 0 aromatic carbocycles. The monoisotopic (exact) mass is 330 g/mol. The summed E-state index contributed by atoms with van der Waals surface area (Å²) in [5, 5.41) is 19.1. The summed E-state index contributed by atoms with van der Waals surface area (Å²) in [4.78, 5) is 0. The summed E-state index contributed by atoms with van der Waals surface area (Å²) in [6, 6.07) is 0. The standard InChI is InChI=1S/C12H26O2S4/c1-3-11(13)8-18-10-12(14)9-17-7-6-16-5-4-15-2/h11-14H,3-10H2,1-2H3. The molecule has 0 aromatic heterocycles. The molecule has 2 unspecified atom stereocenters. The molecule has 0 amide bonds. The zero-order chi connectivity index (χ0) is 13.6. The van der Waals surface area contributed by atoms with Gasteiger partial charge in [0.25, 0.3) is 0 Å². The zero-order valence-corrected chi connectivity index (χ0v) is 14.6. The molecule has 0 saturated heterocycles. The van der Waals surface area contributed by atoms with E-state index < -0.39 is 0 Å². The average Bonchev–Trinajstić information content (AvgIpc) is 2.37. The Kier molecular flexibility index (Phi) is 15.8. The highest BCUT2D eigenvalue weighted by Crippen LogP contribution is 2.13. The molecule has 18 heavy (non-hydrogen) atoms. The Morgan fingerprint density at radius 3 is 2.00 bits per heavy atom. The first-order valence-electron chi connectivity index (χ1n) is 6.29. The maximum Gasteiger partial charge on any atom is 0.0720 e. The fourth-order valence-corrected chi connectivity index (χ4v) is 5.11. The predicted octanol–water partition coefficient (Wildman–Crippen LogP) is 2.68. The molecule has 0 aliphatic heterocycles. The van der Waals surface area contributed by atoms with Crippen LogP contribution < -0.4 is 0 Å². The molecule has 0 bridgehead atoms. The lowest BCUT2D eigenvalue weighted by atomic mass is 10.3. The minimum atomic E-state index is -0.236. The van der Waals surface area contributed by atoms with E-state index in [4.69, 9.17) is 0 Å². The Morgan fingerprint density at radius 1 is 0.778 bits per heavy atom. The number of thioether (sulfide) groups is 4.